The topological polar surface area (TPSA) is 173 Å². The Morgan fingerprint density at radius 1 is 0.278 bits per heavy atom. The van der Waals surface area contributed by atoms with E-state index in [1.807, 2.05) is 234 Å². The van der Waals surface area contributed by atoms with Crippen LogP contribution in [0, 0.1) is 0 Å². The molecular formula is C93H99N3O12. The fourth-order valence-corrected chi connectivity index (χ4v) is 15.8. The lowest BCUT2D eigenvalue weighted by Gasteiger charge is -2.30. The fraction of sp³-hybridized carbons (Fsp3) is 0.355. The number of carbonyl (C=O) groups is 3. The highest BCUT2D eigenvalue weighted by Gasteiger charge is 2.38. The Hall–Kier alpha value is -10.8. The molecule has 108 heavy (non-hydrogen) atoms. The van der Waals surface area contributed by atoms with Gasteiger partial charge in [-0.05, 0) is 152 Å². The lowest BCUT2D eigenvalue weighted by molar-refractivity contribution is 0.0940. The van der Waals surface area contributed by atoms with Gasteiger partial charge in [-0.3, -0.25) is 0 Å². The fourth-order valence-electron chi connectivity index (χ4n) is 15.8. The summed E-state index contributed by atoms with van der Waals surface area (Å²) in [5.41, 5.74) is 11.4. The third-order valence-electron chi connectivity index (χ3n) is 21.2. The van der Waals surface area contributed by atoms with E-state index in [2.05, 4.69) is 72.8 Å². The normalized spacial score (nSPS) is 13.6. The molecule has 558 valence electrons. The first-order valence-electron chi connectivity index (χ1n) is 37.4. The number of benzene rings is 9. The number of hydrogen-bond donors (Lipinski definition) is 0. The second-order valence-corrected chi connectivity index (χ2v) is 35.3. The first kappa shape index (κ1) is 75.4. The monoisotopic (exact) mass is 1450 g/mol. The van der Waals surface area contributed by atoms with Gasteiger partial charge in [-0.1, -0.05) is 270 Å². The van der Waals surface area contributed by atoms with E-state index in [4.69, 9.17) is 28.4 Å². The summed E-state index contributed by atoms with van der Waals surface area (Å²) in [5, 5.41) is 0. The molecule has 0 saturated carbocycles. The molecule has 0 saturated heterocycles. The van der Waals surface area contributed by atoms with Crippen LogP contribution in [-0.4, -0.2) is 52.0 Å². The van der Waals surface area contributed by atoms with Crippen LogP contribution < -0.4 is 31.3 Å². The van der Waals surface area contributed by atoms with Crippen molar-refractivity contribution in [2.24, 2.45) is 0 Å². The summed E-state index contributed by atoms with van der Waals surface area (Å²) in [6.45, 7) is 35.2. The van der Waals surface area contributed by atoms with Gasteiger partial charge in [0.25, 0.3) is 0 Å². The first-order chi connectivity index (χ1) is 50.8. The Kier molecular flexibility index (Phi) is 19.8. The summed E-state index contributed by atoms with van der Waals surface area (Å²) in [4.78, 5) is 90.7. The van der Waals surface area contributed by atoms with Crippen molar-refractivity contribution in [1.29, 1.82) is 0 Å². The maximum Gasteiger partial charge on any atom is 0.513 e. The van der Waals surface area contributed by atoms with Crippen LogP contribution in [0.1, 0.15) is 226 Å². The van der Waals surface area contributed by atoms with Crippen molar-refractivity contribution in [2.75, 3.05) is 19.8 Å². The van der Waals surface area contributed by atoms with Crippen molar-refractivity contribution in [3.63, 3.8) is 0 Å². The number of rotatable bonds is 15. The van der Waals surface area contributed by atoms with Crippen LogP contribution in [0.25, 0.3) is 33.4 Å². The van der Waals surface area contributed by atoms with E-state index >= 15 is 14.4 Å². The molecule has 0 bridgehead atoms. The molecule has 10 aromatic rings. The highest BCUT2D eigenvalue weighted by Crippen LogP contribution is 2.50. The van der Waals surface area contributed by atoms with Crippen LogP contribution in [0.15, 0.2) is 196 Å². The van der Waals surface area contributed by atoms with E-state index < -0.39 is 68.0 Å². The molecule has 0 spiro atoms. The second kappa shape index (κ2) is 28.4. The van der Waals surface area contributed by atoms with Gasteiger partial charge in [0, 0.05) is 51.1 Å². The third-order valence-corrected chi connectivity index (χ3v) is 21.2. The lowest BCUT2D eigenvalue weighted by Crippen LogP contribution is -2.55. The third kappa shape index (κ3) is 14.9. The van der Waals surface area contributed by atoms with Gasteiger partial charge in [-0.25, -0.2) is 42.5 Å². The molecule has 0 atom stereocenters. The molecule has 1 aromatic heterocycles. The number of ether oxygens (including phenoxy) is 6. The average Bonchev–Trinajstić information content (AvgIpc) is 1.65. The minimum Gasteiger partial charge on any atom is -0.433 e. The van der Waals surface area contributed by atoms with Crippen molar-refractivity contribution < 1.29 is 42.8 Å². The molecular weight excluding hydrogens is 1350 g/mol. The molecule has 1 heterocycles. The van der Waals surface area contributed by atoms with Crippen LogP contribution >= 0.6 is 0 Å². The Morgan fingerprint density at radius 3 is 0.611 bits per heavy atom. The highest BCUT2D eigenvalue weighted by molar-refractivity contribution is 5.82. The lowest BCUT2D eigenvalue weighted by atomic mass is 9.78. The van der Waals surface area contributed by atoms with Crippen LogP contribution in [0.2, 0.25) is 0 Å². The van der Waals surface area contributed by atoms with Crippen molar-refractivity contribution >= 4 is 18.5 Å². The van der Waals surface area contributed by atoms with E-state index in [1.54, 1.807) is 0 Å². The standard InChI is InChI=1S/C93H99N3O12/c1-88(2,3)73-43-55(44-74(89(4,5)6)79(73)106-85(100)103-52-70-64-37-25-19-31-58(64)59-32-20-26-38-65(59)70)49-94-82(97)95(50-56-45-75(90(7,8)9)80(76(46-56)91(10,11)12)107-86(101)104-53-71-66-39-27-21-33-60(66)61-34-22-28-40-67(61)71)84(99)96(83(94)98)51-57-47-77(92(13,14)15)81(78(48-57)93(16,17)18)108-87(102)105-54-72-68-41-29-23-35-62(68)63-36-24-30-42-69(63)72/h19-48,70-72H,49-54H2,1-18H3. The zero-order valence-corrected chi connectivity index (χ0v) is 65.5. The Bertz CT molecular complexity index is 4610. The molecule has 3 aliphatic rings. The smallest absolute Gasteiger partial charge is 0.433 e. The van der Waals surface area contributed by atoms with Crippen molar-refractivity contribution in [2.45, 2.75) is 195 Å². The maximum atomic E-state index is 15.9. The zero-order chi connectivity index (χ0) is 77.5. The van der Waals surface area contributed by atoms with E-state index in [9.17, 15) is 14.4 Å². The minimum atomic E-state index is -0.881. The summed E-state index contributed by atoms with van der Waals surface area (Å²) in [6, 6.07) is 59.9. The minimum absolute atomic E-state index is 0.0358. The summed E-state index contributed by atoms with van der Waals surface area (Å²) in [7, 11) is 0. The average molecular weight is 1450 g/mol. The van der Waals surface area contributed by atoms with Crippen LogP contribution in [-0.2, 0) is 66.3 Å². The zero-order valence-electron chi connectivity index (χ0n) is 65.5. The molecule has 0 N–H and O–H groups in total. The molecule has 0 amide bonds. The van der Waals surface area contributed by atoms with Crippen molar-refractivity contribution in [1.82, 2.24) is 13.7 Å². The van der Waals surface area contributed by atoms with Crippen molar-refractivity contribution in [3.8, 4) is 50.6 Å². The summed E-state index contributed by atoms with van der Waals surface area (Å²) >= 11 is 0. The van der Waals surface area contributed by atoms with E-state index in [0.29, 0.717) is 67.3 Å². The predicted molar refractivity (Wildman–Crippen MR) is 425 cm³/mol. The second-order valence-electron chi connectivity index (χ2n) is 35.3. The Balaban J connectivity index is 0.891. The van der Waals surface area contributed by atoms with Gasteiger partial charge in [0.15, 0.2) is 0 Å². The number of fused-ring (bicyclic) bond motifs is 9. The van der Waals surface area contributed by atoms with E-state index in [0.717, 1.165) is 80.5 Å². The van der Waals surface area contributed by atoms with Gasteiger partial charge in [0.2, 0.25) is 0 Å². The first-order valence-corrected chi connectivity index (χ1v) is 37.4. The largest absolute Gasteiger partial charge is 0.513 e. The van der Waals surface area contributed by atoms with E-state index in [-0.39, 0.29) is 57.2 Å². The number of carbonyl (C=O) groups excluding carboxylic acids is 3. The summed E-state index contributed by atoms with van der Waals surface area (Å²) in [6.07, 6.45) is -2.64. The quantitative estimate of drug-likeness (QED) is 0.0541. The van der Waals surface area contributed by atoms with Gasteiger partial charge in [0.1, 0.15) is 37.1 Å². The van der Waals surface area contributed by atoms with Crippen LogP contribution in [0.5, 0.6) is 17.2 Å². The van der Waals surface area contributed by atoms with Gasteiger partial charge in [-0.15, -0.1) is 0 Å². The van der Waals surface area contributed by atoms with Gasteiger partial charge >= 0.3 is 35.5 Å². The molecule has 0 aliphatic heterocycles. The summed E-state index contributed by atoms with van der Waals surface area (Å²) < 4.78 is 40.7. The van der Waals surface area contributed by atoms with Crippen LogP contribution in [0.4, 0.5) is 14.4 Å². The molecule has 9 aromatic carbocycles. The Morgan fingerprint density at radius 2 is 0.444 bits per heavy atom. The molecule has 15 heteroatoms. The SMILES string of the molecule is CC(C)(C)c1cc(Cn2c(=O)n(Cc3cc(C(C)(C)C)c(OC(=O)OCC4c5ccccc5-c5ccccc54)c(C(C)(C)C)c3)c(=O)n(Cc3cc(C(C)(C)C)c(OC(=O)OCC4c5ccccc5-c5ccccc54)c(C(C)(C)C)c3)c2=O)cc(C(C)(C)C)c1OC(=O)OCC1c2ccccc2-c2ccccc21. The van der Waals surface area contributed by atoms with Crippen LogP contribution in [0.3, 0.4) is 0 Å². The maximum absolute atomic E-state index is 15.9. The van der Waals surface area contributed by atoms with E-state index in [1.165, 1.54) is 0 Å². The predicted octanol–water partition coefficient (Wildman–Crippen LogP) is 20.1. The molecule has 0 radical (unpaired) electrons. The molecule has 3 aliphatic carbocycles. The molecule has 13 rings (SSSR count). The number of hydrogen-bond acceptors (Lipinski definition) is 12. The molecule has 0 fully saturated rings. The van der Waals surface area contributed by atoms with Gasteiger partial charge in [-0.2, -0.15) is 0 Å². The van der Waals surface area contributed by atoms with Gasteiger partial charge in [0.05, 0.1) is 19.6 Å². The molecule has 0 unspecified atom stereocenters. The van der Waals surface area contributed by atoms with Crippen molar-refractivity contribution in [3.05, 3.63) is 297 Å². The summed E-state index contributed by atoms with van der Waals surface area (Å²) in [5.74, 6) is 0.267. The highest BCUT2D eigenvalue weighted by atomic mass is 16.7. The number of aromatic nitrogens is 3. The Labute approximate surface area is 633 Å². The molecule has 15 nitrogen and oxygen atoms in total. The number of nitrogens with zero attached hydrogens (tertiary/aromatic N) is 3. The van der Waals surface area contributed by atoms with Gasteiger partial charge < -0.3 is 28.4 Å².